The zero-order valence-electron chi connectivity index (χ0n) is 11.4. The Morgan fingerprint density at radius 1 is 1.25 bits per heavy atom. The first-order chi connectivity index (χ1) is 9.41. The molecule has 7 heteroatoms. The van der Waals surface area contributed by atoms with Crippen molar-refractivity contribution in [3.63, 3.8) is 0 Å². The van der Waals surface area contributed by atoms with E-state index in [-0.39, 0.29) is 11.8 Å². The first kappa shape index (κ1) is 14.8. The normalized spacial score (nSPS) is 25.1. The van der Waals surface area contributed by atoms with E-state index < -0.39 is 30.1 Å². The maximum Gasteiger partial charge on any atom is 0.328 e. The molecule has 2 fully saturated rings. The summed E-state index contributed by atoms with van der Waals surface area (Å²) in [5, 5.41) is 20.6. The number of aliphatic hydroxyl groups is 1. The smallest absolute Gasteiger partial charge is 0.328 e. The Bertz CT molecular complexity index is 419. The van der Waals surface area contributed by atoms with Crippen molar-refractivity contribution in [3.8, 4) is 0 Å². The van der Waals surface area contributed by atoms with Crippen LogP contribution in [0.15, 0.2) is 0 Å². The highest BCUT2D eigenvalue weighted by atomic mass is 16.4. The Hall–Kier alpha value is -1.63. The summed E-state index contributed by atoms with van der Waals surface area (Å²) < 4.78 is 0. The fourth-order valence-electron chi connectivity index (χ4n) is 2.51. The molecule has 0 aromatic carbocycles. The van der Waals surface area contributed by atoms with E-state index in [1.54, 1.807) is 4.90 Å². The van der Waals surface area contributed by atoms with Gasteiger partial charge in [0.15, 0.2) is 6.04 Å². The standard InChI is InChI=1S/C13H20N2O5/c1-7(16)10(13(19)20)14-11(17)9-3-2-6-15(9)12(18)8-4-5-8/h7-10,16H,2-6H2,1H3,(H,14,17)(H,19,20). The molecule has 1 saturated carbocycles. The second-order valence-corrected chi connectivity index (χ2v) is 5.53. The highest BCUT2D eigenvalue weighted by Gasteiger charge is 2.41. The van der Waals surface area contributed by atoms with Crippen molar-refractivity contribution >= 4 is 17.8 Å². The molecule has 3 atom stereocenters. The number of hydrogen-bond donors (Lipinski definition) is 3. The topological polar surface area (TPSA) is 107 Å². The minimum atomic E-state index is -1.35. The fourth-order valence-corrected chi connectivity index (χ4v) is 2.51. The number of likely N-dealkylation sites (tertiary alicyclic amines) is 1. The van der Waals surface area contributed by atoms with Crippen LogP contribution in [0, 0.1) is 5.92 Å². The van der Waals surface area contributed by atoms with Gasteiger partial charge in [0, 0.05) is 12.5 Å². The molecule has 1 heterocycles. The summed E-state index contributed by atoms with van der Waals surface area (Å²) >= 11 is 0. The van der Waals surface area contributed by atoms with Gasteiger partial charge >= 0.3 is 5.97 Å². The number of nitrogens with one attached hydrogen (secondary N) is 1. The number of carboxylic acids is 1. The number of nitrogens with zero attached hydrogens (tertiary/aromatic N) is 1. The van der Waals surface area contributed by atoms with Crippen LogP contribution in [-0.4, -0.2) is 57.6 Å². The third-order valence-corrected chi connectivity index (χ3v) is 3.81. The summed E-state index contributed by atoms with van der Waals surface area (Å²) in [5.74, 6) is -1.75. The van der Waals surface area contributed by atoms with E-state index in [0.29, 0.717) is 13.0 Å². The molecular formula is C13H20N2O5. The van der Waals surface area contributed by atoms with Crippen LogP contribution in [0.25, 0.3) is 0 Å². The molecule has 3 N–H and O–H groups in total. The van der Waals surface area contributed by atoms with Gasteiger partial charge in [-0.25, -0.2) is 4.79 Å². The minimum Gasteiger partial charge on any atom is -0.480 e. The molecule has 1 aliphatic carbocycles. The van der Waals surface area contributed by atoms with Crippen LogP contribution in [0.2, 0.25) is 0 Å². The van der Waals surface area contributed by atoms with Crippen LogP contribution in [0.3, 0.4) is 0 Å². The Labute approximate surface area is 116 Å². The highest BCUT2D eigenvalue weighted by molar-refractivity contribution is 5.92. The number of hydrogen-bond acceptors (Lipinski definition) is 4. The average molecular weight is 284 g/mol. The van der Waals surface area contributed by atoms with Gasteiger partial charge in [-0.15, -0.1) is 0 Å². The van der Waals surface area contributed by atoms with E-state index in [1.807, 2.05) is 0 Å². The Morgan fingerprint density at radius 2 is 1.90 bits per heavy atom. The van der Waals surface area contributed by atoms with Crippen LogP contribution in [0.1, 0.15) is 32.6 Å². The Morgan fingerprint density at radius 3 is 2.40 bits per heavy atom. The lowest BCUT2D eigenvalue weighted by molar-refractivity contribution is -0.146. The van der Waals surface area contributed by atoms with Crippen molar-refractivity contribution in [3.05, 3.63) is 0 Å². The van der Waals surface area contributed by atoms with Crippen molar-refractivity contribution < 1.29 is 24.6 Å². The van der Waals surface area contributed by atoms with Gasteiger partial charge in [-0.1, -0.05) is 0 Å². The van der Waals surface area contributed by atoms with Gasteiger partial charge in [0.1, 0.15) is 6.04 Å². The molecule has 0 spiro atoms. The molecule has 0 bridgehead atoms. The molecule has 1 aliphatic heterocycles. The molecule has 0 aromatic rings. The lowest BCUT2D eigenvalue weighted by Crippen LogP contribution is -2.54. The second kappa shape index (κ2) is 5.78. The Kier molecular flexibility index (Phi) is 4.27. The summed E-state index contributed by atoms with van der Waals surface area (Å²) in [6.07, 6.45) is 1.83. The number of carbonyl (C=O) groups is 3. The number of amides is 2. The monoisotopic (exact) mass is 284 g/mol. The quantitative estimate of drug-likeness (QED) is 0.621. The first-order valence-electron chi connectivity index (χ1n) is 6.93. The maximum absolute atomic E-state index is 12.1. The number of carbonyl (C=O) groups excluding carboxylic acids is 2. The summed E-state index contributed by atoms with van der Waals surface area (Å²) in [4.78, 5) is 36.7. The molecule has 7 nitrogen and oxygen atoms in total. The zero-order chi connectivity index (χ0) is 14.9. The first-order valence-corrected chi connectivity index (χ1v) is 6.93. The lowest BCUT2D eigenvalue weighted by atomic mass is 10.1. The summed E-state index contributed by atoms with van der Waals surface area (Å²) in [7, 11) is 0. The molecule has 20 heavy (non-hydrogen) atoms. The molecule has 2 rings (SSSR count). The van der Waals surface area contributed by atoms with Crippen LogP contribution >= 0.6 is 0 Å². The van der Waals surface area contributed by atoms with E-state index >= 15 is 0 Å². The summed E-state index contributed by atoms with van der Waals surface area (Å²) in [6.45, 7) is 1.85. The average Bonchev–Trinajstić information content (AvgIpc) is 3.11. The van der Waals surface area contributed by atoms with E-state index in [2.05, 4.69) is 5.32 Å². The van der Waals surface area contributed by atoms with Gasteiger partial charge in [0.2, 0.25) is 11.8 Å². The molecule has 1 saturated heterocycles. The fraction of sp³-hybridized carbons (Fsp3) is 0.769. The predicted octanol–water partition coefficient (Wildman–Crippen LogP) is -0.662. The summed E-state index contributed by atoms with van der Waals surface area (Å²) in [5.41, 5.74) is 0. The second-order valence-electron chi connectivity index (χ2n) is 5.53. The largest absolute Gasteiger partial charge is 0.480 e. The van der Waals surface area contributed by atoms with Crippen molar-refractivity contribution in [2.45, 2.75) is 50.8 Å². The number of aliphatic carboxylic acids is 1. The maximum atomic E-state index is 12.1. The van der Waals surface area contributed by atoms with Gasteiger partial charge in [-0.2, -0.15) is 0 Å². The lowest BCUT2D eigenvalue weighted by Gasteiger charge is -2.26. The Balaban J connectivity index is 2.00. The van der Waals surface area contributed by atoms with E-state index in [1.165, 1.54) is 6.92 Å². The van der Waals surface area contributed by atoms with Crippen molar-refractivity contribution in [2.75, 3.05) is 6.54 Å². The van der Waals surface area contributed by atoms with Crippen LogP contribution in [0.4, 0.5) is 0 Å². The van der Waals surface area contributed by atoms with Crippen LogP contribution < -0.4 is 5.32 Å². The third-order valence-electron chi connectivity index (χ3n) is 3.81. The van der Waals surface area contributed by atoms with Crippen molar-refractivity contribution in [1.82, 2.24) is 10.2 Å². The molecule has 3 unspecified atom stereocenters. The zero-order valence-corrected chi connectivity index (χ0v) is 11.4. The highest BCUT2D eigenvalue weighted by Crippen LogP contribution is 2.33. The molecule has 2 amide bonds. The number of carboxylic acid groups (broad SMARTS) is 1. The number of aliphatic hydroxyl groups excluding tert-OH is 1. The van der Waals surface area contributed by atoms with E-state index in [0.717, 1.165) is 19.3 Å². The van der Waals surface area contributed by atoms with E-state index in [9.17, 15) is 19.5 Å². The molecule has 112 valence electrons. The predicted molar refractivity (Wildman–Crippen MR) is 68.7 cm³/mol. The SMILES string of the molecule is CC(O)C(NC(=O)C1CCCN1C(=O)C1CC1)C(=O)O. The van der Waals surface area contributed by atoms with Gasteiger partial charge in [-0.3, -0.25) is 9.59 Å². The minimum absolute atomic E-state index is 0.00780. The summed E-state index contributed by atoms with van der Waals surface area (Å²) in [6, 6.07) is -1.95. The van der Waals surface area contributed by atoms with Gasteiger partial charge in [-0.05, 0) is 32.6 Å². The van der Waals surface area contributed by atoms with Crippen LogP contribution in [-0.2, 0) is 14.4 Å². The van der Waals surface area contributed by atoms with Crippen molar-refractivity contribution in [2.24, 2.45) is 5.92 Å². The number of rotatable bonds is 5. The molecule has 0 radical (unpaired) electrons. The molecule has 2 aliphatic rings. The van der Waals surface area contributed by atoms with Gasteiger partial charge in [0.25, 0.3) is 0 Å². The third kappa shape index (κ3) is 3.09. The van der Waals surface area contributed by atoms with E-state index in [4.69, 9.17) is 5.11 Å². The van der Waals surface area contributed by atoms with Crippen molar-refractivity contribution in [1.29, 1.82) is 0 Å². The van der Waals surface area contributed by atoms with Gasteiger partial charge < -0.3 is 20.4 Å². The molecule has 0 aromatic heterocycles. The van der Waals surface area contributed by atoms with Gasteiger partial charge in [0.05, 0.1) is 6.10 Å². The molecular weight excluding hydrogens is 264 g/mol. The van der Waals surface area contributed by atoms with Crippen LogP contribution in [0.5, 0.6) is 0 Å².